The highest BCUT2D eigenvalue weighted by molar-refractivity contribution is 9.10. The number of benzene rings is 2. The van der Waals surface area contributed by atoms with Gasteiger partial charge in [0.15, 0.2) is 5.69 Å². The van der Waals surface area contributed by atoms with E-state index in [4.69, 9.17) is 0 Å². The summed E-state index contributed by atoms with van der Waals surface area (Å²) in [7, 11) is 0. The molecular weight excluding hydrogens is 362 g/mol. The fourth-order valence-electron chi connectivity index (χ4n) is 1.71. The van der Waals surface area contributed by atoms with E-state index in [-0.39, 0.29) is 17.1 Å². The van der Waals surface area contributed by atoms with Gasteiger partial charge in [-0.3, -0.25) is 20.2 Å². The summed E-state index contributed by atoms with van der Waals surface area (Å²) in [5, 5.41) is 24.8. The van der Waals surface area contributed by atoms with Crippen molar-refractivity contribution in [3.05, 3.63) is 61.1 Å². The van der Waals surface area contributed by atoms with E-state index in [0.717, 1.165) is 4.47 Å². The number of anilines is 2. The molecule has 0 radical (unpaired) electrons. The second-order valence-electron chi connectivity index (χ2n) is 3.97. The van der Waals surface area contributed by atoms with Crippen molar-refractivity contribution in [1.82, 2.24) is 0 Å². The zero-order valence-electron chi connectivity index (χ0n) is 10.3. The summed E-state index contributed by atoms with van der Waals surface area (Å²) < 4.78 is 0.773. The number of nitrogens with zero attached hydrogens (tertiary/aromatic N) is 2. The molecule has 0 saturated carbocycles. The molecule has 0 bridgehead atoms. The molecule has 0 fully saturated rings. The first kappa shape index (κ1) is 15.3. The van der Waals surface area contributed by atoms with E-state index in [0.29, 0.717) is 10.6 Å². The SMILES string of the molecule is O=[N+]([O-])c1cccc([N+](=O)[O-])c1Nc1ccc(Br)cc1S. The van der Waals surface area contributed by atoms with Crippen molar-refractivity contribution in [1.29, 1.82) is 0 Å². The molecular formula is C12H8BrN3O4S. The zero-order chi connectivity index (χ0) is 15.6. The maximum Gasteiger partial charge on any atom is 0.299 e. The van der Waals surface area contributed by atoms with Gasteiger partial charge in [0.25, 0.3) is 11.4 Å². The first-order chi connectivity index (χ1) is 9.90. The van der Waals surface area contributed by atoms with Gasteiger partial charge < -0.3 is 5.32 Å². The highest BCUT2D eigenvalue weighted by atomic mass is 79.9. The summed E-state index contributed by atoms with van der Waals surface area (Å²) in [5.41, 5.74) is -0.497. The zero-order valence-corrected chi connectivity index (χ0v) is 12.8. The van der Waals surface area contributed by atoms with Crippen LogP contribution in [0.25, 0.3) is 0 Å². The molecule has 0 aliphatic carbocycles. The van der Waals surface area contributed by atoms with Gasteiger partial charge in [-0.1, -0.05) is 15.9 Å². The van der Waals surface area contributed by atoms with Crippen molar-refractivity contribution >= 4 is 51.3 Å². The molecule has 2 rings (SSSR count). The van der Waals surface area contributed by atoms with E-state index in [1.807, 2.05) is 0 Å². The van der Waals surface area contributed by atoms with Crippen molar-refractivity contribution in [3.8, 4) is 0 Å². The number of hydrogen-bond donors (Lipinski definition) is 2. The normalized spacial score (nSPS) is 10.2. The Balaban J connectivity index is 2.56. The lowest BCUT2D eigenvalue weighted by atomic mass is 10.2. The summed E-state index contributed by atoms with van der Waals surface area (Å²) in [6, 6.07) is 8.66. The Hall–Kier alpha value is -2.13. The lowest BCUT2D eigenvalue weighted by molar-refractivity contribution is -0.392. The molecule has 0 aliphatic heterocycles. The van der Waals surface area contributed by atoms with E-state index in [2.05, 4.69) is 33.9 Å². The molecule has 0 amide bonds. The third-order valence-corrected chi connectivity index (χ3v) is 3.50. The lowest BCUT2D eigenvalue weighted by Gasteiger charge is -2.10. The predicted molar refractivity (Wildman–Crippen MR) is 84.4 cm³/mol. The molecule has 0 atom stereocenters. The van der Waals surface area contributed by atoms with E-state index in [1.54, 1.807) is 18.2 Å². The van der Waals surface area contributed by atoms with Crippen LogP contribution in [0, 0.1) is 20.2 Å². The van der Waals surface area contributed by atoms with E-state index in [9.17, 15) is 20.2 Å². The van der Waals surface area contributed by atoms with Crippen molar-refractivity contribution < 1.29 is 9.85 Å². The van der Waals surface area contributed by atoms with Crippen LogP contribution in [0.1, 0.15) is 0 Å². The quantitative estimate of drug-likeness (QED) is 0.475. The minimum atomic E-state index is -0.674. The second-order valence-corrected chi connectivity index (χ2v) is 5.37. The number of halogens is 1. The van der Waals surface area contributed by atoms with Crippen molar-refractivity contribution in [3.63, 3.8) is 0 Å². The first-order valence-electron chi connectivity index (χ1n) is 5.57. The maximum atomic E-state index is 11.0. The van der Waals surface area contributed by atoms with Crippen LogP contribution in [0.15, 0.2) is 45.8 Å². The molecule has 0 aliphatic rings. The molecule has 9 heteroatoms. The van der Waals surface area contributed by atoms with Crippen LogP contribution in [0.3, 0.4) is 0 Å². The molecule has 0 heterocycles. The van der Waals surface area contributed by atoms with Crippen LogP contribution < -0.4 is 5.32 Å². The monoisotopic (exact) mass is 369 g/mol. The van der Waals surface area contributed by atoms with Gasteiger partial charge >= 0.3 is 0 Å². The number of nitro groups is 2. The Morgan fingerprint density at radius 2 is 1.62 bits per heavy atom. The number of thiol groups is 1. The van der Waals surface area contributed by atoms with Crippen molar-refractivity contribution in [2.75, 3.05) is 5.32 Å². The van der Waals surface area contributed by atoms with Crippen LogP contribution >= 0.6 is 28.6 Å². The Labute approximate surface area is 132 Å². The average molecular weight is 370 g/mol. The Morgan fingerprint density at radius 1 is 1.05 bits per heavy atom. The third-order valence-electron chi connectivity index (χ3n) is 2.63. The summed E-state index contributed by atoms with van der Waals surface area (Å²) in [5.74, 6) is 0. The number of rotatable bonds is 4. The van der Waals surface area contributed by atoms with E-state index < -0.39 is 9.85 Å². The van der Waals surface area contributed by atoms with Gasteiger partial charge in [0.05, 0.1) is 15.5 Å². The minimum Gasteiger partial charge on any atom is -0.343 e. The largest absolute Gasteiger partial charge is 0.343 e. The summed E-state index contributed by atoms with van der Waals surface area (Å²) in [6.45, 7) is 0. The molecule has 1 N–H and O–H groups in total. The van der Waals surface area contributed by atoms with Gasteiger partial charge in [-0.05, 0) is 24.3 Å². The standard InChI is InChI=1S/C12H8BrN3O4S/c13-7-4-5-8(11(21)6-7)14-12-9(15(17)18)2-1-3-10(12)16(19)20/h1-6,14,21H. The molecule has 2 aromatic carbocycles. The van der Waals surface area contributed by atoms with Crippen LogP contribution in [0.5, 0.6) is 0 Å². The predicted octanol–water partition coefficient (Wildman–Crippen LogP) is 4.30. The molecule has 7 nitrogen and oxygen atoms in total. The van der Waals surface area contributed by atoms with Crippen LogP contribution in [0.2, 0.25) is 0 Å². The molecule has 2 aromatic rings. The average Bonchev–Trinajstić information content (AvgIpc) is 2.41. The van der Waals surface area contributed by atoms with E-state index >= 15 is 0 Å². The lowest BCUT2D eigenvalue weighted by Crippen LogP contribution is -2.02. The number of nitro benzene ring substituents is 2. The van der Waals surface area contributed by atoms with E-state index in [1.165, 1.54) is 18.2 Å². The summed E-state index contributed by atoms with van der Waals surface area (Å²) >= 11 is 7.50. The van der Waals surface area contributed by atoms with Gasteiger partial charge in [0, 0.05) is 21.5 Å². The Morgan fingerprint density at radius 3 is 2.10 bits per heavy atom. The molecule has 0 spiro atoms. The number of hydrogen-bond acceptors (Lipinski definition) is 6. The maximum absolute atomic E-state index is 11.0. The minimum absolute atomic E-state index is 0.176. The third kappa shape index (κ3) is 3.31. The first-order valence-corrected chi connectivity index (χ1v) is 6.81. The molecule has 0 saturated heterocycles. The van der Waals surface area contributed by atoms with Gasteiger partial charge in [0.1, 0.15) is 0 Å². The van der Waals surface area contributed by atoms with Crippen LogP contribution in [-0.2, 0) is 0 Å². The van der Waals surface area contributed by atoms with Crippen molar-refractivity contribution in [2.45, 2.75) is 4.90 Å². The van der Waals surface area contributed by atoms with Gasteiger partial charge in [-0.25, -0.2) is 0 Å². The smallest absolute Gasteiger partial charge is 0.299 e. The van der Waals surface area contributed by atoms with Gasteiger partial charge in [0.2, 0.25) is 0 Å². The van der Waals surface area contributed by atoms with Crippen LogP contribution in [-0.4, -0.2) is 9.85 Å². The second kappa shape index (κ2) is 6.10. The summed E-state index contributed by atoms with van der Waals surface area (Å²) in [4.78, 5) is 21.2. The molecule has 0 unspecified atom stereocenters. The fourth-order valence-corrected chi connectivity index (χ4v) is 2.51. The highest BCUT2D eigenvalue weighted by Gasteiger charge is 2.25. The Bertz CT molecular complexity index is 706. The topological polar surface area (TPSA) is 98.3 Å². The number of nitrogens with one attached hydrogen (secondary N) is 1. The van der Waals surface area contributed by atoms with Crippen LogP contribution in [0.4, 0.5) is 22.7 Å². The highest BCUT2D eigenvalue weighted by Crippen LogP contribution is 2.37. The fraction of sp³-hybridized carbons (Fsp3) is 0. The van der Waals surface area contributed by atoms with Crippen molar-refractivity contribution in [2.24, 2.45) is 0 Å². The molecule has 0 aromatic heterocycles. The molecule has 21 heavy (non-hydrogen) atoms. The van der Waals surface area contributed by atoms with Gasteiger partial charge in [-0.15, -0.1) is 12.6 Å². The Kier molecular flexibility index (Phi) is 4.43. The summed E-state index contributed by atoms with van der Waals surface area (Å²) in [6.07, 6.45) is 0. The molecule has 108 valence electrons. The van der Waals surface area contributed by atoms with Gasteiger partial charge in [-0.2, -0.15) is 0 Å². The number of para-hydroxylation sites is 1.